The molecule has 0 saturated carbocycles. The van der Waals surface area contributed by atoms with Crippen LogP contribution in [0.15, 0.2) is 42.5 Å². The normalized spacial score (nSPS) is 12.1. The Hall–Kier alpha value is -1.91. The van der Waals surface area contributed by atoms with E-state index in [2.05, 4.69) is 4.74 Å². The van der Waals surface area contributed by atoms with Crippen molar-refractivity contribution in [2.24, 2.45) is 5.73 Å². The summed E-state index contributed by atoms with van der Waals surface area (Å²) in [5.74, 6) is 0. The molecule has 116 valence electrons. The average Bonchev–Trinajstić information content (AvgIpc) is 2.55. The first kappa shape index (κ1) is 19.1. The van der Waals surface area contributed by atoms with Gasteiger partial charge in [-0.05, 0) is 23.3 Å². The summed E-state index contributed by atoms with van der Waals surface area (Å²) in [7, 11) is 1.31. The third-order valence-corrected chi connectivity index (χ3v) is 2.74. The monoisotopic (exact) mass is 291 g/mol. The van der Waals surface area contributed by atoms with Crippen LogP contribution < -0.4 is 5.73 Å². The molecule has 4 heteroatoms. The molecule has 2 unspecified atom stereocenters. The highest BCUT2D eigenvalue weighted by atomic mass is 16.5. The minimum Gasteiger partial charge on any atom is -0.471 e. The van der Waals surface area contributed by atoms with Crippen molar-refractivity contribution in [1.29, 1.82) is 0 Å². The molecule has 0 aliphatic rings. The number of benzene rings is 2. The molecule has 0 aliphatic carbocycles. The summed E-state index contributed by atoms with van der Waals surface area (Å²) in [4.78, 5) is 8.95. The van der Waals surface area contributed by atoms with Crippen LogP contribution in [0, 0.1) is 0 Å². The van der Waals surface area contributed by atoms with E-state index in [1.165, 1.54) is 7.11 Å². The minimum atomic E-state index is -0.601. The van der Waals surface area contributed by atoms with Crippen LogP contribution in [0.25, 0.3) is 10.8 Å². The van der Waals surface area contributed by atoms with Crippen molar-refractivity contribution < 1.29 is 14.6 Å². The molecule has 0 bridgehead atoms. The lowest BCUT2D eigenvalue weighted by Crippen LogP contribution is -2.24. The third-order valence-electron chi connectivity index (χ3n) is 2.74. The number of carbonyl (C=O) groups excluding carboxylic acids is 1. The fourth-order valence-corrected chi connectivity index (χ4v) is 1.79. The number of hydrogen-bond acceptors (Lipinski definition) is 4. The number of methoxy groups -OCH3 is 1. The van der Waals surface area contributed by atoms with Crippen molar-refractivity contribution in [2.75, 3.05) is 7.11 Å². The van der Waals surface area contributed by atoms with Crippen molar-refractivity contribution in [3.05, 3.63) is 48.0 Å². The van der Waals surface area contributed by atoms with Gasteiger partial charge in [0.1, 0.15) is 0 Å². The molecule has 2 aromatic carbocycles. The molecule has 0 aliphatic heterocycles. The van der Waals surface area contributed by atoms with Gasteiger partial charge in [-0.1, -0.05) is 56.3 Å². The highest BCUT2D eigenvalue weighted by molar-refractivity contribution is 5.86. The van der Waals surface area contributed by atoms with Crippen molar-refractivity contribution in [2.45, 2.75) is 32.9 Å². The number of carbonyl (C=O) groups is 1. The van der Waals surface area contributed by atoms with Crippen molar-refractivity contribution in [1.82, 2.24) is 0 Å². The first-order valence-corrected chi connectivity index (χ1v) is 6.99. The Labute approximate surface area is 126 Å². The van der Waals surface area contributed by atoms with Crippen LogP contribution >= 0.6 is 0 Å². The van der Waals surface area contributed by atoms with Gasteiger partial charge in [-0.2, -0.15) is 0 Å². The Morgan fingerprint density at radius 2 is 1.67 bits per heavy atom. The molecule has 2 aromatic rings. The van der Waals surface area contributed by atoms with Crippen LogP contribution in [0.5, 0.6) is 0 Å². The predicted octanol–water partition coefficient (Wildman–Crippen LogP) is 3.04. The number of aliphatic hydroxyl groups excluding tert-OH is 1. The molecule has 2 rings (SSSR count). The van der Waals surface area contributed by atoms with Crippen molar-refractivity contribution in [3.8, 4) is 0 Å². The second-order valence-electron chi connectivity index (χ2n) is 4.20. The van der Waals surface area contributed by atoms with Gasteiger partial charge >= 0.3 is 0 Å². The smallest absolute Gasteiger partial charge is 0.292 e. The van der Waals surface area contributed by atoms with E-state index < -0.39 is 6.10 Å². The van der Waals surface area contributed by atoms with Gasteiger partial charge in [0.2, 0.25) is 0 Å². The largest absolute Gasteiger partial charge is 0.471 e. The van der Waals surface area contributed by atoms with E-state index >= 15 is 0 Å². The lowest BCUT2D eigenvalue weighted by Gasteiger charge is -2.16. The van der Waals surface area contributed by atoms with Crippen molar-refractivity contribution >= 4 is 17.2 Å². The molecule has 0 aromatic heterocycles. The summed E-state index contributed by atoms with van der Waals surface area (Å²) in [6, 6.07) is 13.7. The zero-order valence-corrected chi connectivity index (χ0v) is 13.1. The summed E-state index contributed by atoms with van der Waals surface area (Å²) in [6.07, 6.45) is -0.601. The van der Waals surface area contributed by atoms with E-state index in [0.717, 1.165) is 16.3 Å². The van der Waals surface area contributed by atoms with Crippen LogP contribution in [-0.4, -0.2) is 24.7 Å². The average molecular weight is 291 g/mol. The fraction of sp³-hybridized carbons (Fsp3) is 0.353. The molecule has 0 spiro atoms. The summed E-state index contributed by atoms with van der Waals surface area (Å²) < 4.78 is 3.86. The molecular weight excluding hydrogens is 266 g/mol. The maximum Gasteiger partial charge on any atom is 0.292 e. The van der Waals surface area contributed by atoms with Crippen LogP contribution in [0.2, 0.25) is 0 Å². The van der Waals surface area contributed by atoms with Gasteiger partial charge in [-0.25, -0.2) is 0 Å². The molecule has 3 N–H and O–H groups in total. The summed E-state index contributed by atoms with van der Waals surface area (Å²) >= 11 is 0. The molecular formula is C17H25NO3. The standard InChI is InChI=1S/C13H15NO.C2H4O2.C2H6/c1-9(14)13(15)12-8-4-6-10-5-2-3-7-11(10)12;1-4-2-3;1-2/h2-9,13,15H,14H2,1H3;2H,1H3;1-2H3. The van der Waals surface area contributed by atoms with Gasteiger partial charge < -0.3 is 15.6 Å². The third kappa shape index (κ3) is 5.94. The Morgan fingerprint density at radius 1 is 1.14 bits per heavy atom. The molecule has 0 radical (unpaired) electrons. The maximum atomic E-state index is 9.97. The zero-order valence-electron chi connectivity index (χ0n) is 13.1. The van der Waals surface area contributed by atoms with E-state index in [1.807, 2.05) is 63.2 Å². The topological polar surface area (TPSA) is 72.6 Å². The van der Waals surface area contributed by atoms with Gasteiger partial charge in [-0.3, -0.25) is 4.79 Å². The van der Waals surface area contributed by atoms with Gasteiger partial charge in [0.15, 0.2) is 0 Å². The molecule has 21 heavy (non-hydrogen) atoms. The lowest BCUT2D eigenvalue weighted by atomic mass is 9.97. The quantitative estimate of drug-likeness (QED) is 0.853. The van der Waals surface area contributed by atoms with E-state index in [9.17, 15) is 5.11 Å². The number of hydrogen-bond donors (Lipinski definition) is 2. The zero-order chi connectivity index (χ0) is 16.3. The van der Waals surface area contributed by atoms with E-state index in [-0.39, 0.29) is 6.04 Å². The predicted molar refractivity (Wildman–Crippen MR) is 87.0 cm³/mol. The Morgan fingerprint density at radius 3 is 2.19 bits per heavy atom. The van der Waals surface area contributed by atoms with Crippen molar-refractivity contribution in [3.63, 3.8) is 0 Å². The molecule has 4 nitrogen and oxygen atoms in total. The van der Waals surface area contributed by atoms with Crippen LogP contribution in [0.3, 0.4) is 0 Å². The molecule has 0 saturated heterocycles. The summed E-state index contributed by atoms with van der Waals surface area (Å²) in [6.45, 7) is 6.19. The summed E-state index contributed by atoms with van der Waals surface area (Å²) in [5, 5.41) is 12.2. The van der Waals surface area contributed by atoms with E-state index in [4.69, 9.17) is 10.5 Å². The van der Waals surface area contributed by atoms with Gasteiger partial charge in [0.25, 0.3) is 6.47 Å². The number of rotatable bonds is 3. The van der Waals surface area contributed by atoms with E-state index in [0.29, 0.717) is 6.47 Å². The second-order valence-corrected chi connectivity index (χ2v) is 4.20. The van der Waals surface area contributed by atoms with Crippen LogP contribution in [-0.2, 0) is 9.53 Å². The molecule has 0 fully saturated rings. The second kappa shape index (κ2) is 10.8. The first-order valence-electron chi connectivity index (χ1n) is 6.99. The highest BCUT2D eigenvalue weighted by Crippen LogP contribution is 2.25. The van der Waals surface area contributed by atoms with Gasteiger partial charge in [0.05, 0.1) is 13.2 Å². The molecule has 0 heterocycles. The SMILES string of the molecule is CC.CC(N)C(O)c1cccc2ccccc12.COC=O. The van der Waals surface area contributed by atoms with Crippen LogP contribution in [0.4, 0.5) is 0 Å². The van der Waals surface area contributed by atoms with Gasteiger partial charge in [-0.15, -0.1) is 0 Å². The highest BCUT2D eigenvalue weighted by Gasteiger charge is 2.14. The Bertz CT molecular complexity index is 521. The maximum absolute atomic E-state index is 9.97. The summed E-state index contributed by atoms with van der Waals surface area (Å²) in [5.41, 5.74) is 6.61. The van der Waals surface area contributed by atoms with Gasteiger partial charge in [0, 0.05) is 6.04 Å². The fourth-order valence-electron chi connectivity index (χ4n) is 1.79. The lowest BCUT2D eigenvalue weighted by molar-refractivity contribution is -0.126. The number of nitrogens with two attached hydrogens (primary N) is 1. The Balaban J connectivity index is 0.000000579. The number of aliphatic hydroxyl groups is 1. The Kier molecular flexibility index (Phi) is 9.84. The van der Waals surface area contributed by atoms with E-state index in [1.54, 1.807) is 0 Å². The number of fused-ring (bicyclic) bond motifs is 1. The molecule has 0 amide bonds. The first-order chi connectivity index (χ1) is 10.1. The van der Waals surface area contributed by atoms with Crippen LogP contribution in [0.1, 0.15) is 32.4 Å². The number of ether oxygens (including phenoxy) is 1. The molecule has 2 atom stereocenters. The minimum absolute atomic E-state index is 0.254.